The molecular weight excluding hydrogens is 1020 g/mol. The summed E-state index contributed by atoms with van der Waals surface area (Å²) in [5.74, 6) is 1.15. The van der Waals surface area contributed by atoms with Crippen molar-refractivity contribution in [3.05, 3.63) is 95.0 Å². The second kappa shape index (κ2) is 25.2. The highest BCUT2D eigenvalue weighted by atomic mass is 19.1. The van der Waals surface area contributed by atoms with Crippen molar-refractivity contribution in [2.45, 2.75) is 185 Å². The minimum Gasteiger partial charge on any atom is -0.381 e. The molecule has 1 saturated carbocycles. The van der Waals surface area contributed by atoms with Crippen LogP contribution in [0, 0.1) is 36.3 Å². The molecule has 7 heterocycles. The Balaban J connectivity index is 0.885. The molecule has 1 aromatic heterocycles. The number of piperidine rings is 2. The number of likely N-dealkylation sites (tertiary alicyclic amines) is 2. The maximum atomic E-state index is 16.7. The largest absolute Gasteiger partial charge is 0.381 e. The predicted octanol–water partition coefficient (Wildman–Crippen LogP) is 10.7. The number of hydrogen-bond acceptors (Lipinski definition) is 10. The van der Waals surface area contributed by atoms with Gasteiger partial charge in [-0.15, -0.1) is 0 Å². The molecule has 3 amide bonds. The van der Waals surface area contributed by atoms with E-state index in [9.17, 15) is 14.4 Å². The number of carbonyl (C=O) groups is 3. The number of nitrogens with one attached hydrogen (secondary N) is 5. The number of H-pyrrole nitrogens is 1. The number of aryl methyl sites for hydroxylation is 1. The van der Waals surface area contributed by atoms with Gasteiger partial charge in [0, 0.05) is 69.4 Å². The van der Waals surface area contributed by atoms with Crippen molar-refractivity contribution in [2.24, 2.45) is 22.7 Å². The van der Waals surface area contributed by atoms with Gasteiger partial charge in [-0.3, -0.25) is 19.4 Å². The molecule has 0 bridgehead atoms. The van der Waals surface area contributed by atoms with Crippen molar-refractivity contribution in [3.63, 3.8) is 0 Å². The first-order valence-corrected chi connectivity index (χ1v) is 30.8. The summed E-state index contributed by atoms with van der Waals surface area (Å²) in [5.41, 5.74) is 7.13. The van der Waals surface area contributed by atoms with E-state index in [1.807, 2.05) is 18.0 Å². The zero-order chi connectivity index (χ0) is 56.3. The normalized spacial score (nSPS) is 26.5. The Hall–Kier alpha value is -6.07. The number of fused-ring (bicyclic) bond motifs is 2. The number of unbranched alkanes of at least 4 members (excludes halogenated alkanes) is 1. The van der Waals surface area contributed by atoms with Crippen LogP contribution < -0.4 is 31.1 Å². The standard InChI is InChI=1S/C64H87F2N11O4/c1-6-7-13-47-17-20-54(76(47)63(67-5)59(71-41(4)79)42-23-27-68-28-24-42)40(3)70-51-18-15-45(33-39(51)2)56-21-22-57(75(56)48-36-49(65)61(50(66)37-48)74-29-9-8-10-30-74)46-16-19-52-53(34-46)73-62(72-52)58-35-44-12-11-14-55(44)77(58)64(80)60(69-38-78)43-25-31-81-32-26-43/h15-16,18-19,33-34,36-38,42-44,47,54-60,68,70H,3,6-14,17,20-32,35H2,1-2,4-5H3,(H,69,78)(H,71,79)(H,72,73)/t44?,47-,54-,55?,56?,57+,58?,59?,60-/m0/s1. The third kappa shape index (κ3) is 11.7. The van der Waals surface area contributed by atoms with Crippen LogP contribution in [0.25, 0.3) is 11.0 Å². The number of aliphatic imine (C=N–C) groups is 1. The van der Waals surface area contributed by atoms with Crippen LogP contribution in [0.5, 0.6) is 0 Å². The Labute approximate surface area is 477 Å². The molecule has 17 heteroatoms. The van der Waals surface area contributed by atoms with Crippen LogP contribution in [0.3, 0.4) is 0 Å². The van der Waals surface area contributed by atoms with Crippen molar-refractivity contribution in [3.8, 4) is 0 Å². The fraction of sp³-hybridized carbons (Fsp3) is 0.609. The number of amidine groups is 1. The number of rotatable bonds is 18. The lowest BCUT2D eigenvalue weighted by molar-refractivity contribution is -0.140. The summed E-state index contributed by atoms with van der Waals surface area (Å²) >= 11 is 0. The number of aromatic nitrogens is 2. The van der Waals surface area contributed by atoms with Crippen molar-refractivity contribution in [1.82, 2.24) is 35.7 Å². The van der Waals surface area contributed by atoms with Gasteiger partial charge in [-0.1, -0.05) is 51.0 Å². The average molecular weight is 1110 g/mol. The molecule has 9 atom stereocenters. The lowest BCUT2D eigenvalue weighted by Crippen LogP contribution is -2.57. The second-order valence-corrected chi connectivity index (χ2v) is 24.6. The van der Waals surface area contributed by atoms with E-state index in [-0.39, 0.29) is 71.6 Å². The highest BCUT2D eigenvalue weighted by Crippen LogP contribution is 2.51. The number of anilines is 3. The number of benzene rings is 3. The van der Waals surface area contributed by atoms with Gasteiger partial charge in [0.15, 0.2) is 11.6 Å². The molecule has 7 fully saturated rings. The maximum absolute atomic E-state index is 16.7. The summed E-state index contributed by atoms with van der Waals surface area (Å²) in [6, 6.07) is 14.7. The van der Waals surface area contributed by atoms with Crippen LogP contribution in [-0.2, 0) is 19.1 Å². The molecule has 5 unspecified atom stereocenters. The molecule has 5 N–H and O–H groups in total. The molecule has 81 heavy (non-hydrogen) atoms. The van der Waals surface area contributed by atoms with Crippen molar-refractivity contribution in [2.75, 3.05) is 61.6 Å². The molecule has 436 valence electrons. The Morgan fingerprint density at radius 2 is 1.57 bits per heavy atom. The third-order valence-electron chi connectivity index (χ3n) is 19.6. The number of amides is 3. The molecule has 3 aromatic carbocycles. The van der Waals surface area contributed by atoms with Gasteiger partial charge < -0.3 is 50.6 Å². The van der Waals surface area contributed by atoms with Crippen LogP contribution >= 0.6 is 0 Å². The monoisotopic (exact) mass is 1110 g/mol. The molecule has 11 rings (SSSR count). The molecule has 7 aliphatic rings. The van der Waals surface area contributed by atoms with E-state index in [0.717, 1.165) is 179 Å². The fourth-order valence-corrected chi connectivity index (χ4v) is 15.7. The Bertz CT molecular complexity index is 2910. The van der Waals surface area contributed by atoms with Crippen LogP contribution in [0.15, 0.2) is 65.8 Å². The minimum absolute atomic E-state index is 0.00279. The van der Waals surface area contributed by atoms with Crippen molar-refractivity contribution < 1.29 is 27.9 Å². The first kappa shape index (κ1) is 56.8. The van der Waals surface area contributed by atoms with Gasteiger partial charge in [0.2, 0.25) is 18.2 Å². The van der Waals surface area contributed by atoms with E-state index in [1.54, 1.807) is 19.1 Å². The molecule has 6 saturated heterocycles. The molecular formula is C64H87F2N11O4. The number of nitrogens with zero attached hydrogens (tertiary/aromatic N) is 6. The minimum atomic E-state index is -0.620. The SMILES string of the molecule is C=C(Nc1ccc(C2CC[C@H](c3ccc4nc(C5CC6CCCC6N5C(=O)[C@@H](NC=O)C5CCOCC5)[nH]c4c3)N2c2cc(F)c(N3CCCCC3)c(F)c2)cc1C)[C@@H]1CC[C@H](CCCC)N1C(=NC)C(NC(C)=O)C1CCNCC1. The first-order chi connectivity index (χ1) is 39.4. The Kier molecular flexibility index (Phi) is 17.7. The first-order valence-electron chi connectivity index (χ1n) is 30.8. The Morgan fingerprint density at radius 3 is 2.26 bits per heavy atom. The smallest absolute Gasteiger partial charge is 0.246 e. The lowest BCUT2D eigenvalue weighted by Gasteiger charge is -2.41. The number of ether oxygens (including phenoxy) is 1. The van der Waals surface area contributed by atoms with Crippen molar-refractivity contribution in [1.29, 1.82) is 0 Å². The molecule has 15 nitrogen and oxygen atoms in total. The number of hydrogen-bond donors (Lipinski definition) is 5. The summed E-state index contributed by atoms with van der Waals surface area (Å²) in [6.07, 6.45) is 17.4. The van der Waals surface area contributed by atoms with E-state index in [1.165, 1.54) is 0 Å². The van der Waals surface area contributed by atoms with Gasteiger partial charge >= 0.3 is 0 Å². The summed E-state index contributed by atoms with van der Waals surface area (Å²) in [7, 11) is 1.87. The van der Waals surface area contributed by atoms with Crippen LogP contribution in [-0.4, -0.2) is 120 Å². The predicted molar refractivity (Wildman–Crippen MR) is 316 cm³/mol. The number of halogens is 2. The lowest BCUT2D eigenvalue weighted by atomic mass is 9.88. The number of carbonyl (C=O) groups excluding carboxylic acids is 3. The van der Waals surface area contributed by atoms with E-state index >= 15 is 8.78 Å². The van der Waals surface area contributed by atoms with E-state index in [0.29, 0.717) is 44.3 Å². The molecule has 0 spiro atoms. The van der Waals surface area contributed by atoms with Crippen LogP contribution in [0.1, 0.15) is 170 Å². The fourth-order valence-electron chi connectivity index (χ4n) is 15.7. The molecule has 6 aliphatic heterocycles. The maximum Gasteiger partial charge on any atom is 0.246 e. The van der Waals surface area contributed by atoms with Gasteiger partial charge in [-0.2, -0.15) is 0 Å². The highest BCUT2D eigenvalue weighted by molar-refractivity contribution is 5.92. The molecule has 1 aliphatic carbocycles. The third-order valence-corrected chi connectivity index (χ3v) is 19.6. The summed E-state index contributed by atoms with van der Waals surface area (Å²) < 4.78 is 39.0. The van der Waals surface area contributed by atoms with Gasteiger partial charge in [-0.25, -0.2) is 13.8 Å². The van der Waals surface area contributed by atoms with Crippen LogP contribution in [0.4, 0.5) is 25.8 Å². The highest BCUT2D eigenvalue weighted by Gasteiger charge is 2.50. The van der Waals surface area contributed by atoms with E-state index in [2.05, 4.69) is 85.1 Å². The van der Waals surface area contributed by atoms with E-state index < -0.39 is 17.7 Å². The van der Waals surface area contributed by atoms with Crippen LogP contribution in [0.2, 0.25) is 0 Å². The summed E-state index contributed by atoms with van der Waals surface area (Å²) in [6.45, 7) is 14.9. The number of imidazole rings is 1. The van der Waals surface area contributed by atoms with Gasteiger partial charge in [0.05, 0.1) is 41.2 Å². The zero-order valence-corrected chi connectivity index (χ0v) is 48.3. The van der Waals surface area contributed by atoms with E-state index in [4.69, 9.17) is 21.3 Å². The quantitative estimate of drug-likeness (QED) is 0.0368. The van der Waals surface area contributed by atoms with Crippen molar-refractivity contribution >= 4 is 52.2 Å². The summed E-state index contributed by atoms with van der Waals surface area (Å²) in [5, 5.41) is 13.5. The van der Waals surface area contributed by atoms with Gasteiger partial charge in [0.1, 0.15) is 23.4 Å². The van der Waals surface area contributed by atoms with Gasteiger partial charge in [0.25, 0.3) is 0 Å². The average Bonchev–Trinajstić information content (AvgIpc) is 4.34. The summed E-state index contributed by atoms with van der Waals surface area (Å²) in [4.78, 5) is 62.0. The van der Waals surface area contributed by atoms with Gasteiger partial charge in [-0.05, 0) is 181 Å². The topological polar surface area (TPSA) is 163 Å². The number of aromatic amines is 1. The molecule has 0 radical (unpaired) electrons. The second-order valence-electron chi connectivity index (χ2n) is 24.6. The zero-order valence-electron chi connectivity index (χ0n) is 48.3. The molecule has 4 aromatic rings. The Morgan fingerprint density at radius 1 is 0.852 bits per heavy atom.